The van der Waals surface area contributed by atoms with Gasteiger partial charge in [0.1, 0.15) is 9.98 Å². The lowest BCUT2D eigenvalue weighted by Gasteiger charge is -2.30. The maximum Gasteiger partial charge on any atom is 0.312 e. The molecular weight excluding hydrogens is 300 g/mol. The second-order valence-electron chi connectivity index (χ2n) is 4.52. The lowest BCUT2D eigenvalue weighted by Crippen LogP contribution is -2.52. The fourth-order valence-electron chi connectivity index (χ4n) is 2.03. The number of fused-ring (bicyclic) bond motifs is 1. The molecule has 2 aromatic heterocycles. The Labute approximate surface area is 124 Å². The van der Waals surface area contributed by atoms with Gasteiger partial charge in [-0.1, -0.05) is 11.6 Å². The normalized spacial score (nSPS) is 16.3. The maximum absolute atomic E-state index is 11.9. The van der Waals surface area contributed by atoms with E-state index in [2.05, 4.69) is 9.97 Å². The molecule has 0 aromatic carbocycles. The van der Waals surface area contributed by atoms with Crippen LogP contribution in [0.5, 0.6) is 0 Å². The summed E-state index contributed by atoms with van der Waals surface area (Å²) in [4.78, 5) is 35.7. The molecule has 2 aromatic rings. The van der Waals surface area contributed by atoms with Gasteiger partial charge in [0, 0.05) is 25.5 Å². The molecule has 3 rings (SSSR count). The molecule has 0 N–H and O–H groups in total. The SMILES string of the molecule is CN1CCN(Cc2nc(Cl)c3ccsc3n2)C(=O)C1=O. The molecule has 0 aliphatic carbocycles. The summed E-state index contributed by atoms with van der Waals surface area (Å²) in [5.41, 5.74) is 0. The minimum atomic E-state index is -0.523. The fraction of sp³-hybridized carbons (Fsp3) is 0.333. The first-order chi connectivity index (χ1) is 9.56. The molecule has 0 bridgehead atoms. The summed E-state index contributed by atoms with van der Waals surface area (Å²) in [7, 11) is 1.61. The van der Waals surface area contributed by atoms with Gasteiger partial charge < -0.3 is 9.80 Å². The number of thiophene rings is 1. The van der Waals surface area contributed by atoms with Crippen LogP contribution in [-0.2, 0) is 16.1 Å². The minimum absolute atomic E-state index is 0.200. The minimum Gasteiger partial charge on any atom is -0.336 e. The van der Waals surface area contributed by atoms with E-state index in [1.54, 1.807) is 7.05 Å². The van der Waals surface area contributed by atoms with Crippen LogP contribution in [0.1, 0.15) is 5.82 Å². The van der Waals surface area contributed by atoms with E-state index in [1.807, 2.05) is 11.4 Å². The van der Waals surface area contributed by atoms with E-state index < -0.39 is 11.8 Å². The van der Waals surface area contributed by atoms with Crippen molar-refractivity contribution in [1.82, 2.24) is 19.8 Å². The van der Waals surface area contributed by atoms with Gasteiger partial charge in [0.2, 0.25) is 0 Å². The molecule has 0 saturated carbocycles. The lowest BCUT2D eigenvalue weighted by atomic mass is 10.3. The van der Waals surface area contributed by atoms with Crippen molar-refractivity contribution in [1.29, 1.82) is 0 Å². The van der Waals surface area contributed by atoms with Gasteiger partial charge in [0.15, 0.2) is 5.82 Å². The van der Waals surface area contributed by atoms with Crippen LogP contribution in [-0.4, -0.2) is 51.7 Å². The zero-order valence-corrected chi connectivity index (χ0v) is 12.2. The number of carbonyl (C=O) groups is 2. The zero-order chi connectivity index (χ0) is 14.3. The van der Waals surface area contributed by atoms with Crippen molar-refractivity contribution in [3.05, 3.63) is 22.4 Å². The standard InChI is InChI=1S/C12H11ClN4O2S/c1-16-3-4-17(12(19)11(16)18)6-8-14-9(13)7-2-5-20-10(7)15-8/h2,5H,3-4,6H2,1H3. The Morgan fingerprint density at radius 3 is 2.90 bits per heavy atom. The summed E-state index contributed by atoms with van der Waals surface area (Å²) in [6, 6.07) is 1.86. The summed E-state index contributed by atoms with van der Waals surface area (Å²) >= 11 is 7.55. The maximum atomic E-state index is 11.9. The van der Waals surface area contributed by atoms with Gasteiger partial charge in [-0.2, -0.15) is 0 Å². The van der Waals surface area contributed by atoms with Crippen LogP contribution in [0.25, 0.3) is 10.2 Å². The number of nitrogens with zero attached hydrogens (tertiary/aromatic N) is 4. The van der Waals surface area contributed by atoms with Gasteiger partial charge in [-0.15, -0.1) is 11.3 Å². The molecule has 0 atom stereocenters. The van der Waals surface area contributed by atoms with Gasteiger partial charge >= 0.3 is 11.8 Å². The van der Waals surface area contributed by atoms with Crippen LogP contribution < -0.4 is 0 Å². The molecule has 3 heterocycles. The molecule has 1 saturated heterocycles. The number of hydrogen-bond donors (Lipinski definition) is 0. The third-order valence-electron chi connectivity index (χ3n) is 3.18. The summed E-state index contributed by atoms with van der Waals surface area (Å²) < 4.78 is 0. The second kappa shape index (κ2) is 4.99. The van der Waals surface area contributed by atoms with E-state index in [0.29, 0.717) is 24.1 Å². The van der Waals surface area contributed by atoms with Crippen molar-refractivity contribution in [3.63, 3.8) is 0 Å². The van der Waals surface area contributed by atoms with Gasteiger partial charge in [-0.3, -0.25) is 9.59 Å². The molecular formula is C12H11ClN4O2S. The van der Waals surface area contributed by atoms with Crippen molar-refractivity contribution < 1.29 is 9.59 Å². The average Bonchev–Trinajstić information content (AvgIpc) is 2.88. The highest BCUT2D eigenvalue weighted by molar-refractivity contribution is 7.16. The molecule has 20 heavy (non-hydrogen) atoms. The number of rotatable bonds is 2. The van der Waals surface area contributed by atoms with Gasteiger partial charge in [-0.05, 0) is 11.4 Å². The monoisotopic (exact) mass is 310 g/mol. The first kappa shape index (κ1) is 13.3. The number of amides is 2. The first-order valence-corrected chi connectivity index (χ1v) is 7.26. The molecule has 1 aliphatic heterocycles. The number of halogens is 1. The Hall–Kier alpha value is -1.73. The Kier molecular flexibility index (Phi) is 3.31. The van der Waals surface area contributed by atoms with E-state index in [0.717, 1.165) is 10.2 Å². The highest BCUT2D eigenvalue weighted by Crippen LogP contribution is 2.25. The lowest BCUT2D eigenvalue weighted by molar-refractivity contribution is -0.155. The molecule has 6 nitrogen and oxygen atoms in total. The Morgan fingerprint density at radius 1 is 1.30 bits per heavy atom. The zero-order valence-electron chi connectivity index (χ0n) is 10.7. The van der Waals surface area contributed by atoms with Gasteiger partial charge in [-0.25, -0.2) is 9.97 Å². The van der Waals surface area contributed by atoms with Crippen LogP contribution >= 0.6 is 22.9 Å². The van der Waals surface area contributed by atoms with Crippen LogP contribution in [0.15, 0.2) is 11.4 Å². The Balaban J connectivity index is 1.86. The van der Waals surface area contributed by atoms with E-state index in [9.17, 15) is 9.59 Å². The highest BCUT2D eigenvalue weighted by Gasteiger charge is 2.30. The van der Waals surface area contributed by atoms with E-state index in [1.165, 1.54) is 21.1 Å². The first-order valence-electron chi connectivity index (χ1n) is 6.00. The van der Waals surface area contributed by atoms with Crippen molar-refractivity contribution in [2.75, 3.05) is 20.1 Å². The number of likely N-dealkylation sites (N-methyl/N-ethyl adjacent to an activating group) is 1. The van der Waals surface area contributed by atoms with Crippen molar-refractivity contribution in [2.45, 2.75) is 6.54 Å². The molecule has 1 fully saturated rings. The number of hydrogen-bond acceptors (Lipinski definition) is 5. The molecule has 8 heteroatoms. The molecule has 0 unspecified atom stereocenters. The third-order valence-corrected chi connectivity index (χ3v) is 4.27. The number of aromatic nitrogens is 2. The van der Waals surface area contributed by atoms with Crippen molar-refractivity contribution in [3.8, 4) is 0 Å². The third kappa shape index (κ3) is 2.23. The van der Waals surface area contributed by atoms with E-state index in [4.69, 9.17) is 11.6 Å². The predicted molar refractivity (Wildman–Crippen MR) is 75.5 cm³/mol. The highest BCUT2D eigenvalue weighted by atomic mass is 35.5. The largest absolute Gasteiger partial charge is 0.336 e. The molecule has 1 aliphatic rings. The molecule has 104 valence electrons. The summed E-state index contributed by atoms with van der Waals surface area (Å²) in [5, 5.41) is 3.07. The van der Waals surface area contributed by atoms with Gasteiger partial charge in [0.25, 0.3) is 0 Å². The Bertz CT molecular complexity index is 702. The Morgan fingerprint density at radius 2 is 2.10 bits per heavy atom. The molecule has 0 radical (unpaired) electrons. The molecule has 0 spiro atoms. The van der Waals surface area contributed by atoms with Crippen LogP contribution in [0.2, 0.25) is 5.15 Å². The summed E-state index contributed by atoms with van der Waals surface area (Å²) in [6.45, 7) is 1.19. The topological polar surface area (TPSA) is 66.4 Å². The number of piperazine rings is 1. The van der Waals surface area contributed by atoms with E-state index in [-0.39, 0.29) is 6.54 Å². The summed E-state index contributed by atoms with van der Waals surface area (Å²) in [5.74, 6) is -0.569. The van der Waals surface area contributed by atoms with Crippen LogP contribution in [0.4, 0.5) is 0 Å². The van der Waals surface area contributed by atoms with Gasteiger partial charge in [0.05, 0.1) is 6.54 Å². The number of carbonyl (C=O) groups excluding carboxylic acids is 2. The predicted octanol–water partition coefficient (Wildman–Crippen LogP) is 1.15. The van der Waals surface area contributed by atoms with Crippen LogP contribution in [0.3, 0.4) is 0 Å². The molecule has 2 amide bonds. The quantitative estimate of drug-likeness (QED) is 0.616. The van der Waals surface area contributed by atoms with Crippen molar-refractivity contribution in [2.24, 2.45) is 0 Å². The van der Waals surface area contributed by atoms with E-state index >= 15 is 0 Å². The fourth-order valence-corrected chi connectivity index (χ4v) is 3.11. The second-order valence-corrected chi connectivity index (χ2v) is 5.78. The summed E-state index contributed by atoms with van der Waals surface area (Å²) in [6.07, 6.45) is 0. The average molecular weight is 311 g/mol. The van der Waals surface area contributed by atoms with Crippen LogP contribution in [0, 0.1) is 0 Å². The van der Waals surface area contributed by atoms with Crippen molar-refractivity contribution >= 4 is 45.0 Å². The smallest absolute Gasteiger partial charge is 0.312 e.